The molecule has 0 aliphatic heterocycles. The van der Waals surface area contributed by atoms with Gasteiger partial charge >= 0.3 is 24.3 Å². The third kappa shape index (κ3) is 6.52. The van der Waals surface area contributed by atoms with Gasteiger partial charge < -0.3 is 9.47 Å². The number of halogens is 7. The predicted octanol–water partition coefficient (Wildman–Crippen LogP) is 4.41. The van der Waals surface area contributed by atoms with Crippen molar-refractivity contribution in [2.75, 3.05) is 0 Å². The van der Waals surface area contributed by atoms with Gasteiger partial charge in [-0.25, -0.2) is 4.39 Å². The molecule has 1 unspecified atom stereocenters. The van der Waals surface area contributed by atoms with Gasteiger partial charge in [-0.3, -0.25) is 9.59 Å². The number of carbonyl (C=O) groups is 2. The van der Waals surface area contributed by atoms with E-state index >= 15 is 0 Å². The lowest BCUT2D eigenvalue weighted by Crippen LogP contribution is -2.30. The first kappa shape index (κ1) is 21.7. The summed E-state index contributed by atoms with van der Waals surface area (Å²) in [7, 11) is 0. The molecule has 0 aromatic heterocycles. The summed E-state index contributed by atoms with van der Waals surface area (Å²) >= 11 is 0. The summed E-state index contributed by atoms with van der Waals surface area (Å²) in [6.45, 7) is 0.628. The Bertz CT molecular complexity index is 652. The monoisotopic (exact) mass is 390 g/mol. The number of hydrogen-bond donors (Lipinski definition) is 0. The highest BCUT2D eigenvalue weighted by atomic mass is 19.4. The average Bonchev–Trinajstić information content (AvgIpc) is 2.47. The van der Waals surface area contributed by atoms with Gasteiger partial charge in [0.1, 0.15) is 0 Å². The minimum Gasteiger partial charge on any atom is -0.453 e. The van der Waals surface area contributed by atoms with E-state index in [1.165, 1.54) is 0 Å². The van der Waals surface area contributed by atoms with Crippen LogP contribution in [0.5, 0.6) is 5.75 Å². The fourth-order valence-corrected chi connectivity index (χ4v) is 1.68. The van der Waals surface area contributed by atoms with Gasteiger partial charge in [0.25, 0.3) is 0 Å². The third-order valence-electron chi connectivity index (χ3n) is 3.02. The minimum atomic E-state index is -4.98. The second-order valence-corrected chi connectivity index (χ2v) is 5.12. The first-order valence-electron chi connectivity index (χ1n) is 7.15. The normalized spacial score (nSPS) is 13.2. The molecule has 0 saturated heterocycles. The van der Waals surface area contributed by atoms with Crippen molar-refractivity contribution in [2.24, 2.45) is 0 Å². The summed E-state index contributed by atoms with van der Waals surface area (Å²) < 4.78 is 96.4. The number of alkyl halides is 6. The highest BCUT2D eigenvalue weighted by Gasteiger charge is 2.39. The number of hydrogen-bond acceptors (Lipinski definition) is 4. The maximum atomic E-state index is 13.7. The van der Waals surface area contributed by atoms with E-state index in [9.17, 15) is 40.3 Å². The van der Waals surface area contributed by atoms with Crippen molar-refractivity contribution in [1.82, 2.24) is 0 Å². The van der Waals surface area contributed by atoms with Crippen molar-refractivity contribution in [3.05, 3.63) is 29.6 Å². The van der Waals surface area contributed by atoms with Crippen molar-refractivity contribution in [1.29, 1.82) is 0 Å². The molecular weight excluding hydrogens is 377 g/mol. The molecule has 0 radical (unpaired) electrons. The molecule has 0 amide bonds. The quantitative estimate of drug-likeness (QED) is 0.410. The van der Waals surface area contributed by atoms with E-state index in [4.69, 9.17) is 0 Å². The molecule has 1 aromatic carbocycles. The second-order valence-electron chi connectivity index (χ2n) is 5.12. The third-order valence-corrected chi connectivity index (χ3v) is 3.02. The lowest BCUT2D eigenvalue weighted by Gasteiger charge is -2.16. The molecule has 0 fully saturated rings. The Kier molecular flexibility index (Phi) is 6.99. The van der Waals surface area contributed by atoms with Crippen LogP contribution in [-0.4, -0.2) is 24.2 Å². The topological polar surface area (TPSA) is 52.6 Å². The van der Waals surface area contributed by atoms with E-state index in [1.54, 1.807) is 0 Å². The van der Waals surface area contributed by atoms with Crippen LogP contribution < -0.4 is 4.74 Å². The Hall–Kier alpha value is -2.33. The molecule has 1 aromatic rings. The smallest absolute Gasteiger partial charge is 0.425 e. The van der Waals surface area contributed by atoms with Crippen LogP contribution in [0.2, 0.25) is 0 Å². The summed E-state index contributed by atoms with van der Waals surface area (Å²) in [6.07, 6.45) is -13.4. The van der Waals surface area contributed by atoms with Crippen LogP contribution >= 0.6 is 0 Å². The maximum absolute atomic E-state index is 13.7. The largest absolute Gasteiger partial charge is 0.453 e. The lowest BCUT2D eigenvalue weighted by atomic mass is 10.2. The van der Waals surface area contributed by atoms with Crippen LogP contribution in [-0.2, 0) is 20.5 Å². The van der Waals surface area contributed by atoms with Crippen LogP contribution in [0.15, 0.2) is 18.2 Å². The van der Waals surface area contributed by atoms with Crippen LogP contribution in [0.25, 0.3) is 0 Å². The lowest BCUT2D eigenvalue weighted by molar-refractivity contribution is -0.216. The van der Waals surface area contributed by atoms with Gasteiger partial charge in [0.15, 0.2) is 17.7 Å². The Labute approximate surface area is 142 Å². The van der Waals surface area contributed by atoms with Gasteiger partial charge in [0, 0.05) is 12.8 Å². The molecule has 0 aliphatic rings. The predicted molar refractivity (Wildman–Crippen MR) is 72.5 cm³/mol. The van der Waals surface area contributed by atoms with Crippen molar-refractivity contribution in [3.8, 4) is 5.75 Å². The Balaban J connectivity index is 2.53. The zero-order valence-electron chi connectivity index (χ0n) is 13.2. The van der Waals surface area contributed by atoms with E-state index in [-0.39, 0.29) is 6.42 Å². The maximum Gasteiger partial charge on any atom is 0.425 e. The molecular formula is C15H13F7O4. The fourth-order valence-electron chi connectivity index (χ4n) is 1.68. The van der Waals surface area contributed by atoms with E-state index in [2.05, 4.69) is 9.47 Å². The molecule has 26 heavy (non-hydrogen) atoms. The first-order valence-corrected chi connectivity index (χ1v) is 7.15. The molecule has 0 spiro atoms. The SMILES string of the molecule is CC(OC(=O)CCCC(=O)Oc1cccc(C(F)(F)F)c1F)C(F)(F)F. The van der Waals surface area contributed by atoms with Gasteiger partial charge in [-0.2, -0.15) is 26.3 Å². The van der Waals surface area contributed by atoms with Crippen molar-refractivity contribution in [3.63, 3.8) is 0 Å². The van der Waals surface area contributed by atoms with Gasteiger partial charge in [0.05, 0.1) is 5.56 Å². The molecule has 0 heterocycles. The van der Waals surface area contributed by atoms with Gasteiger partial charge in [-0.15, -0.1) is 0 Å². The highest BCUT2D eigenvalue weighted by Crippen LogP contribution is 2.34. The zero-order valence-corrected chi connectivity index (χ0v) is 13.2. The Morgan fingerprint density at radius 2 is 1.62 bits per heavy atom. The molecule has 11 heteroatoms. The number of ether oxygens (including phenoxy) is 2. The Morgan fingerprint density at radius 1 is 1.04 bits per heavy atom. The molecule has 0 saturated carbocycles. The van der Waals surface area contributed by atoms with Crippen molar-refractivity contribution >= 4 is 11.9 Å². The van der Waals surface area contributed by atoms with Gasteiger partial charge in [-0.1, -0.05) is 6.07 Å². The molecule has 1 rings (SSSR count). The van der Waals surface area contributed by atoms with E-state index in [0.29, 0.717) is 13.0 Å². The fraction of sp³-hybridized carbons (Fsp3) is 0.467. The van der Waals surface area contributed by atoms with Gasteiger partial charge in [-0.05, 0) is 25.5 Å². The zero-order chi connectivity index (χ0) is 20.1. The van der Waals surface area contributed by atoms with Crippen LogP contribution in [0.4, 0.5) is 30.7 Å². The first-order chi connectivity index (χ1) is 11.8. The number of esters is 2. The number of rotatable bonds is 6. The Morgan fingerprint density at radius 3 is 2.15 bits per heavy atom. The molecule has 1 atom stereocenters. The van der Waals surface area contributed by atoms with Crippen molar-refractivity contribution < 1.29 is 49.8 Å². The number of carbonyl (C=O) groups excluding carboxylic acids is 2. The molecule has 0 bridgehead atoms. The summed E-state index contributed by atoms with van der Waals surface area (Å²) in [5.41, 5.74) is -1.62. The minimum absolute atomic E-state index is 0.289. The van der Waals surface area contributed by atoms with Crippen molar-refractivity contribution in [2.45, 2.75) is 44.6 Å². The summed E-state index contributed by atoms with van der Waals surface area (Å²) in [4.78, 5) is 22.7. The van der Waals surface area contributed by atoms with Gasteiger partial charge in [0.2, 0.25) is 0 Å². The summed E-state index contributed by atoms with van der Waals surface area (Å²) in [5.74, 6) is -5.09. The summed E-state index contributed by atoms with van der Waals surface area (Å²) in [5, 5.41) is 0. The molecule has 0 aliphatic carbocycles. The second kappa shape index (κ2) is 8.37. The molecule has 0 N–H and O–H groups in total. The van der Waals surface area contributed by atoms with Crippen LogP contribution in [0.1, 0.15) is 31.7 Å². The molecule has 4 nitrogen and oxygen atoms in total. The highest BCUT2D eigenvalue weighted by molar-refractivity contribution is 5.74. The number of benzene rings is 1. The molecule has 146 valence electrons. The van der Waals surface area contributed by atoms with E-state index < -0.39 is 60.4 Å². The van der Waals surface area contributed by atoms with Crippen LogP contribution in [0.3, 0.4) is 0 Å². The summed E-state index contributed by atoms with van der Waals surface area (Å²) in [6, 6.07) is 2.11. The van der Waals surface area contributed by atoms with E-state index in [1.807, 2.05) is 0 Å². The van der Waals surface area contributed by atoms with Crippen LogP contribution in [0, 0.1) is 5.82 Å². The average molecular weight is 390 g/mol. The standard InChI is InChI=1S/C15H13F7O4/c1-8(14(17,18)19)25-11(23)6-3-7-12(24)26-10-5-2-4-9(13(10)16)15(20,21)22/h2,4-5,8H,3,6-7H2,1H3. The van der Waals surface area contributed by atoms with E-state index in [0.717, 1.165) is 12.1 Å².